The number of anilines is 1. The predicted octanol–water partition coefficient (Wildman–Crippen LogP) is 2.09. The van der Waals surface area contributed by atoms with Gasteiger partial charge in [-0.1, -0.05) is 6.92 Å². The molecule has 0 aliphatic rings. The van der Waals surface area contributed by atoms with E-state index in [0.717, 1.165) is 6.42 Å². The number of carboxylic acid groups (broad SMARTS) is 1. The van der Waals surface area contributed by atoms with Crippen molar-refractivity contribution >= 4 is 17.7 Å². The number of amides is 2. The summed E-state index contributed by atoms with van der Waals surface area (Å²) in [5.41, 5.74) is 0.0951. The molecule has 1 aromatic rings. The first kappa shape index (κ1) is 14.0. The van der Waals surface area contributed by atoms with Gasteiger partial charge in [-0.25, -0.2) is 14.6 Å². The summed E-state index contributed by atoms with van der Waals surface area (Å²) in [5.74, 6) is -1.10. The number of urea groups is 1. The molecule has 0 unspecified atom stereocenters. The van der Waals surface area contributed by atoms with E-state index in [2.05, 4.69) is 15.6 Å². The Balaban J connectivity index is 2.63. The second-order valence-electron chi connectivity index (χ2n) is 4.55. The highest BCUT2D eigenvalue weighted by molar-refractivity contribution is 5.90. The third kappa shape index (κ3) is 4.04. The van der Waals surface area contributed by atoms with Crippen LogP contribution >= 0.6 is 0 Å². The Morgan fingerprint density at radius 2 is 2.06 bits per heavy atom. The summed E-state index contributed by atoms with van der Waals surface area (Å²) in [6, 6.07) is 2.49. The molecule has 0 atom stereocenters. The average molecular weight is 251 g/mol. The van der Waals surface area contributed by atoms with Crippen molar-refractivity contribution in [3.63, 3.8) is 0 Å². The molecule has 0 aliphatic heterocycles. The summed E-state index contributed by atoms with van der Waals surface area (Å²) in [7, 11) is 0. The maximum atomic E-state index is 11.6. The van der Waals surface area contributed by atoms with Crippen LogP contribution in [0.25, 0.3) is 0 Å². The van der Waals surface area contributed by atoms with Crippen molar-refractivity contribution in [1.82, 2.24) is 10.3 Å². The molecule has 0 saturated heterocycles. The van der Waals surface area contributed by atoms with Gasteiger partial charge in [-0.3, -0.25) is 0 Å². The third-order valence-electron chi connectivity index (χ3n) is 2.58. The van der Waals surface area contributed by atoms with E-state index in [1.54, 1.807) is 0 Å². The van der Waals surface area contributed by atoms with E-state index < -0.39 is 5.97 Å². The molecular formula is C12H17N3O3. The zero-order chi connectivity index (χ0) is 13.8. The molecule has 6 nitrogen and oxygen atoms in total. The first-order valence-electron chi connectivity index (χ1n) is 5.62. The minimum Gasteiger partial charge on any atom is -0.477 e. The van der Waals surface area contributed by atoms with E-state index >= 15 is 0 Å². The van der Waals surface area contributed by atoms with Gasteiger partial charge in [0.1, 0.15) is 5.69 Å². The monoisotopic (exact) mass is 251 g/mol. The van der Waals surface area contributed by atoms with Gasteiger partial charge in [0.25, 0.3) is 0 Å². The molecule has 0 fully saturated rings. The molecule has 6 heteroatoms. The highest BCUT2D eigenvalue weighted by atomic mass is 16.4. The van der Waals surface area contributed by atoms with Gasteiger partial charge in [0.2, 0.25) is 0 Å². The molecule has 0 saturated carbocycles. The van der Waals surface area contributed by atoms with Crippen LogP contribution < -0.4 is 10.6 Å². The van der Waals surface area contributed by atoms with Crippen LogP contribution in [0.5, 0.6) is 0 Å². The van der Waals surface area contributed by atoms with Gasteiger partial charge in [-0.15, -0.1) is 0 Å². The van der Waals surface area contributed by atoms with Crippen molar-refractivity contribution in [2.24, 2.45) is 0 Å². The molecule has 1 rings (SSSR count). The van der Waals surface area contributed by atoms with E-state index in [9.17, 15) is 9.59 Å². The maximum absolute atomic E-state index is 11.6. The normalized spacial score (nSPS) is 10.8. The largest absolute Gasteiger partial charge is 0.477 e. The lowest BCUT2D eigenvalue weighted by Crippen LogP contribution is -2.45. The Labute approximate surface area is 105 Å². The molecule has 2 amide bonds. The van der Waals surface area contributed by atoms with Crippen LogP contribution in [-0.4, -0.2) is 27.6 Å². The number of carbonyl (C=O) groups excluding carboxylic acids is 1. The lowest BCUT2D eigenvalue weighted by molar-refractivity contribution is 0.0690. The van der Waals surface area contributed by atoms with E-state index in [1.165, 1.54) is 18.3 Å². The van der Waals surface area contributed by atoms with E-state index in [-0.39, 0.29) is 17.3 Å². The van der Waals surface area contributed by atoms with Gasteiger partial charge in [-0.05, 0) is 32.4 Å². The number of carboxylic acids is 1. The van der Waals surface area contributed by atoms with Gasteiger partial charge >= 0.3 is 12.0 Å². The quantitative estimate of drug-likeness (QED) is 0.764. The van der Waals surface area contributed by atoms with Crippen LogP contribution in [0, 0.1) is 0 Å². The minimum atomic E-state index is -1.10. The van der Waals surface area contributed by atoms with E-state index in [0.29, 0.717) is 5.69 Å². The number of carbonyl (C=O) groups is 2. The number of aromatic nitrogens is 1. The highest BCUT2D eigenvalue weighted by Gasteiger charge is 2.17. The maximum Gasteiger partial charge on any atom is 0.354 e. The minimum absolute atomic E-state index is 0.0603. The smallest absolute Gasteiger partial charge is 0.354 e. The molecule has 0 aromatic carbocycles. The van der Waals surface area contributed by atoms with Gasteiger partial charge < -0.3 is 15.7 Å². The Kier molecular flexibility index (Phi) is 4.25. The van der Waals surface area contributed by atoms with Crippen LogP contribution in [0.3, 0.4) is 0 Å². The zero-order valence-electron chi connectivity index (χ0n) is 10.7. The van der Waals surface area contributed by atoms with Crippen LogP contribution in [0.4, 0.5) is 10.5 Å². The van der Waals surface area contributed by atoms with Crippen molar-refractivity contribution in [2.45, 2.75) is 32.7 Å². The molecule has 1 aromatic heterocycles. The number of rotatable bonds is 4. The Morgan fingerprint density at radius 1 is 1.39 bits per heavy atom. The Bertz CT molecular complexity index is 440. The molecule has 0 aliphatic carbocycles. The topological polar surface area (TPSA) is 91.3 Å². The average Bonchev–Trinajstić information content (AvgIpc) is 2.29. The molecule has 0 spiro atoms. The third-order valence-corrected chi connectivity index (χ3v) is 2.58. The van der Waals surface area contributed by atoms with Crippen LogP contribution in [0.2, 0.25) is 0 Å². The second kappa shape index (κ2) is 5.48. The van der Waals surface area contributed by atoms with Gasteiger partial charge in [-0.2, -0.15) is 0 Å². The van der Waals surface area contributed by atoms with Crippen molar-refractivity contribution in [3.05, 3.63) is 24.0 Å². The molecule has 3 N–H and O–H groups in total. The van der Waals surface area contributed by atoms with E-state index in [4.69, 9.17) is 5.11 Å². The van der Waals surface area contributed by atoms with Crippen molar-refractivity contribution in [2.75, 3.05) is 5.32 Å². The predicted molar refractivity (Wildman–Crippen MR) is 67.7 cm³/mol. The SMILES string of the molecule is CCC(C)(C)NC(=O)Nc1ccc(C(=O)O)nc1. The standard InChI is InChI=1S/C12H17N3O3/c1-4-12(2,3)15-11(18)14-8-5-6-9(10(16)17)13-7-8/h5-7H,4H2,1-3H3,(H,16,17)(H2,14,15,18). The number of pyridine rings is 1. The fraction of sp³-hybridized carbons (Fsp3) is 0.417. The zero-order valence-corrected chi connectivity index (χ0v) is 10.7. The van der Waals surface area contributed by atoms with Crippen molar-refractivity contribution in [3.8, 4) is 0 Å². The number of hydrogen-bond acceptors (Lipinski definition) is 3. The summed E-state index contributed by atoms with van der Waals surface area (Å²) < 4.78 is 0. The summed E-state index contributed by atoms with van der Waals surface area (Å²) >= 11 is 0. The van der Waals surface area contributed by atoms with Crippen LogP contribution in [-0.2, 0) is 0 Å². The fourth-order valence-electron chi connectivity index (χ4n) is 1.15. The molecule has 0 radical (unpaired) electrons. The van der Waals surface area contributed by atoms with Gasteiger partial charge in [0.05, 0.1) is 11.9 Å². The lowest BCUT2D eigenvalue weighted by atomic mass is 10.0. The number of nitrogens with one attached hydrogen (secondary N) is 2. The van der Waals surface area contributed by atoms with Crippen LogP contribution in [0.15, 0.2) is 18.3 Å². The van der Waals surface area contributed by atoms with E-state index in [1.807, 2.05) is 20.8 Å². The van der Waals surface area contributed by atoms with Gasteiger partial charge in [0.15, 0.2) is 0 Å². The first-order valence-corrected chi connectivity index (χ1v) is 5.62. The Hall–Kier alpha value is -2.11. The molecule has 98 valence electrons. The summed E-state index contributed by atoms with van der Waals surface area (Å²) in [4.78, 5) is 25.9. The van der Waals surface area contributed by atoms with Crippen LogP contribution in [0.1, 0.15) is 37.7 Å². The fourth-order valence-corrected chi connectivity index (χ4v) is 1.15. The summed E-state index contributed by atoms with van der Waals surface area (Å²) in [6.07, 6.45) is 2.11. The summed E-state index contributed by atoms with van der Waals surface area (Å²) in [6.45, 7) is 5.81. The lowest BCUT2D eigenvalue weighted by Gasteiger charge is -2.24. The number of hydrogen-bond donors (Lipinski definition) is 3. The second-order valence-corrected chi connectivity index (χ2v) is 4.55. The molecule has 1 heterocycles. The highest BCUT2D eigenvalue weighted by Crippen LogP contribution is 2.09. The molecule has 0 bridgehead atoms. The van der Waals surface area contributed by atoms with Crippen molar-refractivity contribution in [1.29, 1.82) is 0 Å². The molecule has 18 heavy (non-hydrogen) atoms. The Morgan fingerprint density at radius 3 is 2.50 bits per heavy atom. The molecular weight excluding hydrogens is 234 g/mol. The first-order chi connectivity index (χ1) is 8.34. The summed E-state index contributed by atoms with van der Waals surface area (Å²) in [5, 5.41) is 14.1. The van der Waals surface area contributed by atoms with Crippen molar-refractivity contribution < 1.29 is 14.7 Å². The number of aromatic carboxylic acids is 1. The number of nitrogens with zero attached hydrogens (tertiary/aromatic N) is 1. The van der Waals surface area contributed by atoms with Gasteiger partial charge in [0, 0.05) is 5.54 Å².